The number of nitrogens with zero attached hydrogens (tertiary/aromatic N) is 1. The summed E-state index contributed by atoms with van der Waals surface area (Å²) in [6, 6.07) is 13.8. The molecule has 0 aliphatic carbocycles. The van der Waals surface area contributed by atoms with E-state index >= 15 is 0 Å². The van der Waals surface area contributed by atoms with Gasteiger partial charge in [0.15, 0.2) is 11.5 Å². The summed E-state index contributed by atoms with van der Waals surface area (Å²) < 4.78 is 11.1. The summed E-state index contributed by atoms with van der Waals surface area (Å²) in [5, 5.41) is 9.25. The predicted octanol–water partition coefficient (Wildman–Crippen LogP) is 4.17. The van der Waals surface area contributed by atoms with Crippen LogP contribution in [0.4, 0.5) is 0 Å². The van der Waals surface area contributed by atoms with Gasteiger partial charge in [-0.2, -0.15) is 5.26 Å². The number of benzene rings is 2. The van der Waals surface area contributed by atoms with Gasteiger partial charge in [0.25, 0.3) is 0 Å². The van der Waals surface area contributed by atoms with Crippen LogP contribution in [0.15, 0.2) is 52.5 Å². The fraction of sp³-hybridized carbons (Fsp3) is 0.105. The third-order valence-electron chi connectivity index (χ3n) is 3.11. The molecule has 25 heavy (non-hydrogen) atoms. The van der Waals surface area contributed by atoms with E-state index in [4.69, 9.17) is 9.47 Å². The lowest BCUT2D eigenvalue weighted by Gasteiger charge is -2.12. The number of rotatable bonds is 6. The molecule has 0 heterocycles. The monoisotopic (exact) mass is 399 g/mol. The number of aldehydes is 1. The molecule has 0 amide bonds. The van der Waals surface area contributed by atoms with E-state index in [0.29, 0.717) is 28.5 Å². The highest BCUT2D eigenvalue weighted by molar-refractivity contribution is 9.10. The van der Waals surface area contributed by atoms with Crippen LogP contribution < -0.4 is 9.47 Å². The number of hydrogen-bond acceptors (Lipinski definition) is 5. The van der Waals surface area contributed by atoms with Gasteiger partial charge in [-0.1, -0.05) is 30.3 Å². The van der Waals surface area contributed by atoms with E-state index in [-0.39, 0.29) is 17.1 Å². The molecule has 0 aromatic heterocycles. The van der Waals surface area contributed by atoms with Crippen molar-refractivity contribution in [3.05, 3.63) is 63.6 Å². The van der Waals surface area contributed by atoms with Crippen molar-refractivity contribution >= 4 is 34.3 Å². The molecule has 2 rings (SSSR count). The summed E-state index contributed by atoms with van der Waals surface area (Å²) >= 11 is 3.26. The number of ether oxygens (including phenoxy) is 2. The van der Waals surface area contributed by atoms with Crippen LogP contribution in [0.25, 0.3) is 6.08 Å². The van der Waals surface area contributed by atoms with E-state index in [9.17, 15) is 14.9 Å². The van der Waals surface area contributed by atoms with Gasteiger partial charge in [-0.15, -0.1) is 0 Å². The minimum absolute atomic E-state index is 0.117. The van der Waals surface area contributed by atoms with Gasteiger partial charge < -0.3 is 9.47 Å². The number of carbonyl (C=O) groups excluding carboxylic acids is 2. The first-order valence-corrected chi connectivity index (χ1v) is 8.18. The van der Waals surface area contributed by atoms with Crippen molar-refractivity contribution in [3.8, 4) is 17.6 Å². The van der Waals surface area contributed by atoms with Crippen molar-refractivity contribution < 1.29 is 19.1 Å². The Labute approximate surface area is 153 Å². The average molecular weight is 400 g/mol. The van der Waals surface area contributed by atoms with Crippen molar-refractivity contribution in [2.75, 3.05) is 6.61 Å². The Bertz CT molecular complexity index is 854. The molecular weight excluding hydrogens is 386 g/mol. The first-order chi connectivity index (χ1) is 12.1. The smallest absolute Gasteiger partial charge is 0.354 e. The van der Waals surface area contributed by atoms with Gasteiger partial charge in [-0.05, 0) is 46.6 Å². The normalized spacial score (nSPS) is 10.7. The molecule has 0 fully saturated rings. The van der Waals surface area contributed by atoms with Crippen LogP contribution in [0.5, 0.6) is 11.5 Å². The molecule has 0 saturated heterocycles. The van der Waals surface area contributed by atoms with E-state index in [1.807, 2.05) is 12.1 Å². The Morgan fingerprint density at radius 1 is 1.24 bits per heavy atom. The number of esters is 1. The minimum atomic E-state index is -0.813. The SMILES string of the molecule is CCOc1cc(C=O)cc(Br)c1OC(=O)/C(C#N)=C/c1ccccc1. The molecule has 0 N–H and O–H groups in total. The van der Waals surface area contributed by atoms with Crippen molar-refractivity contribution in [2.45, 2.75) is 6.92 Å². The molecule has 126 valence electrons. The summed E-state index contributed by atoms with van der Waals surface area (Å²) in [5.74, 6) is -0.456. The van der Waals surface area contributed by atoms with Gasteiger partial charge >= 0.3 is 5.97 Å². The first kappa shape index (κ1) is 18.4. The van der Waals surface area contributed by atoms with Crippen molar-refractivity contribution in [3.63, 3.8) is 0 Å². The highest BCUT2D eigenvalue weighted by Crippen LogP contribution is 2.37. The van der Waals surface area contributed by atoms with Crippen LogP contribution in [0.1, 0.15) is 22.8 Å². The lowest BCUT2D eigenvalue weighted by molar-refractivity contribution is -0.129. The number of hydrogen-bond donors (Lipinski definition) is 0. The molecule has 5 nitrogen and oxygen atoms in total. The summed E-state index contributed by atoms with van der Waals surface area (Å²) in [5.41, 5.74) is 0.923. The highest BCUT2D eigenvalue weighted by Gasteiger charge is 2.19. The molecule has 0 aliphatic heterocycles. The zero-order valence-corrected chi connectivity index (χ0v) is 14.9. The molecule has 0 radical (unpaired) electrons. The summed E-state index contributed by atoms with van der Waals surface area (Å²) in [6.07, 6.45) is 2.10. The molecular formula is C19H14BrNO4. The van der Waals surface area contributed by atoms with Crippen molar-refractivity contribution in [1.82, 2.24) is 0 Å². The first-order valence-electron chi connectivity index (χ1n) is 7.39. The Morgan fingerprint density at radius 2 is 1.96 bits per heavy atom. The molecule has 0 atom stereocenters. The molecule has 0 unspecified atom stereocenters. The van der Waals surface area contributed by atoms with E-state index in [1.54, 1.807) is 31.2 Å². The molecule has 2 aromatic carbocycles. The lowest BCUT2D eigenvalue weighted by atomic mass is 10.1. The van der Waals surface area contributed by atoms with Gasteiger partial charge in [0.1, 0.15) is 17.9 Å². The Morgan fingerprint density at radius 3 is 2.56 bits per heavy atom. The van der Waals surface area contributed by atoms with Crippen molar-refractivity contribution in [2.24, 2.45) is 0 Å². The quantitative estimate of drug-likeness (QED) is 0.239. The standard InChI is InChI=1S/C19H14BrNO4/c1-2-24-17-10-14(12-22)9-16(20)18(17)25-19(23)15(11-21)8-13-6-4-3-5-7-13/h3-10,12H,2H2,1H3/b15-8+. The predicted molar refractivity (Wildman–Crippen MR) is 96.4 cm³/mol. The zero-order valence-electron chi connectivity index (χ0n) is 13.4. The Hall–Kier alpha value is -2.91. The fourth-order valence-corrected chi connectivity index (χ4v) is 2.56. The topological polar surface area (TPSA) is 76.4 Å². The van der Waals surface area contributed by atoms with Crippen LogP contribution in [0, 0.1) is 11.3 Å². The van der Waals surface area contributed by atoms with Gasteiger partial charge in [0.2, 0.25) is 0 Å². The summed E-state index contributed by atoms with van der Waals surface area (Å²) in [7, 11) is 0. The lowest BCUT2D eigenvalue weighted by Crippen LogP contribution is -2.12. The van der Waals surface area contributed by atoms with E-state index in [2.05, 4.69) is 15.9 Å². The van der Waals surface area contributed by atoms with Crippen LogP contribution in [-0.2, 0) is 4.79 Å². The van der Waals surface area contributed by atoms with E-state index < -0.39 is 5.97 Å². The van der Waals surface area contributed by atoms with Gasteiger partial charge in [0.05, 0.1) is 11.1 Å². The maximum absolute atomic E-state index is 12.4. The third-order valence-corrected chi connectivity index (χ3v) is 3.70. The molecule has 0 spiro atoms. The number of carbonyl (C=O) groups is 2. The van der Waals surface area contributed by atoms with Crippen LogP contribution >= 0.6 is 15.9 Å². The van der Waals surface area contributed by atoms with Gasteiger partial charge in [-0.3, -0.25) is 4.79 Å². The summed E-state index contributed by atoms with van der Waals surface area (Å²) in [4.78, 5) is 23.3. The van der Waals surface area contributed by atoms with Gasteiger partial charge in [0, 0.05) is 5.56 Å². The van der Waals surface area contributed by atoms with E-state index in [1.165, 1.54) is 18.2 Å². The second-order valence-electron chi connectivity index (χ2n) is 4.85. The minimum Gasteiger partial charge on any atom is -0.490 e. The summed E-state index contributed by atoms with van der Waals surface area (Å²) in [6.45, 7) is 2.09. The highest BCUT2D eigenvalue weighted by atomic mass is 79.9. The molecule has 0 saturated carbocycles. The van der Waals surface area contributed by atoms with Crippen molar-refractivity contribution in [1.29, 1.82) is 5.26 Å². The zero-order chi connectivity index (χ0) is 18.2. The molecule has 0 aliphatic rings. The molecule has 0 bridgehead atoms. The molecule has 2 aromatic rings. The fourth-order valence-electron chi connectivity index (χ4n) is 2.02. The molecule has 6 heteroatoms. The number of nitriles is 1. The largest absolute Gasteiger partial charge is 0.490 e. The maximum atomic E-state index is 12.4. The van der Waals surface area contributed by atoms with Crippen LogP contribution in [0.3, 0.4) is 0 Å². The Balaban J connectivity index is 2.34. The Kier molecular flexibility index (Phi) is 6.49. The van der Waals surface area contributed by atoms with E-state index in [0.717, 1.165) is 0 Å². The second-order valence-corrected chi connectivity index (χ2v) is 5.71. The average Bonchev–Trinajstić information content (AvgIpc) is 2.63. The second kappa shape index (κ2) is 8.81. The van der Waals surface area contributed by atoms with Gasteiger partial charge in [-0.25, -0.2) is 4.79 Å². The maximum Gasteiger partial charge on any atom is 0.354 e. The van der Waals surface area contributed by atoms with Crippen LogP contribution in [-0.4, -0.2) is 18.9 Å². The number of halogens is 1. The van der Waals surface area contributed by atoms with Crippen LogP contribution in [0.2, 0.25) is 0 Å². The third kappa shape index (κ3) is 4.78.